The van der Waals surface area contributed by atoms with E-state index in [2.05, 4.69) is 32.7 Å². The minimum Gasteiger partial charge on any atom is -0.317 e. The van der Waals surface area contributed by atoms with Crippen LogP contribution < -0.4 is 0 Å². The van der Waals surface area contributed by atoms with Gasteiger partial charge >= 0.3 is 0 Å². The van der Waals surface area contributed by atoms with Crippen molar-refractivity contribution in [3.8, 4) is 0 Å². The molecule has 0 aromatic carbocycles. The molecule has 18 heavy (non-hydrogen) atoms. The van der Waals surface area contributed by atoms with Crippen molar-refractivity contribution in [1.29, 1.82) is 0 Å². The summed E-state index contributed by atoms with van der Waals surface area (Å²) in [5, 5.41) is 0. The maximum Gasteiger partial charge on any atom is 0.274 e. The monoisotopic (exact) mass is 373 g/mol. The van der Waals surface area contributed by atoms with Crippen molar-refractivity contribution >= 4 is 43.6 Å². The second kappa shape index (κ2) is 6.42. The van der Waals surface area contributed by atoms with Gasteiger partial charge in [-0.3, -0.25) is 0 Å². The van der Waals surface area contributed by atoms with E-state index in [1.54, 1.807) is 0 Å². The van der Waals surface area contributed by atoms with Crippen LogP contribution in [0, 0.1) is 5.41 Å². The molecule has 1 aliphatic heterocycles. The summed E-state index contributed by atoms with van der Waals surface area (Å²) < 4.78 is 14.1. The van der Waals surface area contributed by atoms with Crippen molar-refractivity contribution in [3.05, 3.63) is 0 Å². The van der Waals surface area contributed by atoms with E-state index in [1.807, 2.05) is 0 Å². The highest BCUT2D eigenvalue weighted by molar-refractivity contribution is 9.50. The minimum atomic E-state index is -2.29. The molecule has 0 aromatic rings. The number of nitrogens with zero attached hydrogens (tertiary/aromatic N) is 1. The van der Waals surface area contributed by atoms with Crippen molar-refractivity contribution in [2.45, 2.75) is 52.0 Å². The van der Waals surface area contributed by atoms with Crippen LogP contribution in [0.1, 0.15) is 46.0 Å². The van der Waals surface area contributed by atoms with Gasteiger partial charge in [0.1, 0.15) is 0 Å². The van der Waals surface area contributed by atoms with E-state index in [4.69, 9.17) is 20.9 Å². The zero-order valence-corrected chi connectivity index (χ0v) is 15.0. The van der Waals surface area contributed by atoms with Crippen LogP contribution in [0.4, 0.5) is 0 Å². The lowest BCUT2D eigenvalue weighted by molar-refractivity contribution is 0.0470. The first-order valence-electron chi connectivity index (χ1n) is 6.44. The first-order chi connectivity index (χ1) is 8.47. The van der Waals surface area contributed by atoms with Crippen LogP contribution in [-0.2, 0) is 20.9 Å². The molecule has 0 radical (unpaired) electrons. The van der Waals surface area contributed by atoms with Gasteiger partial charge in [0.25, 0.3) is 6.64 Å². The lowest BCUT2D eigenvalue weighted by Gasteiger charge is -2.43. The molecular weight excluding hydrogens is 353 g/mol. The zero-order valence-electron chi connectivity index (χ0n) is 10.9. The van der Waals surface area contributed by atoms with Crippen LogP contribution in [0.2, 0.25) is 0 Å². The van der Waals surface area contributed by atoms with Gasteiger partial charge in [-0.2, -0.15) is 4.08 Å². The van der Waals surface area contributed by atoms with Crippen molar-refractivity contribution in [1.82, 2.24) is 4.08 Å². The Hall–Kier alpha value is 1.36. The van der Waals surface area contributed by atoms with Gasteiger partial charge in [0, 0.05) is 36.7 Å². The summed E-state index contributed by atoms with van der Waals surface area (Å²) in [6.45, 7) is 3.40. The van der Waals surface area contributed by atoms with Gasteiger partial charge in [-0.05, 0) is 24.6 Å². The molecule has 0 bridgehead atoms. The highest BCUT2D eigenvalue weighted by Gasteiger charge is 2.41. The number of halogens is 1. The number of hydrogen-bond donors (Lipinski definition) is 0. The van der Waals surface area contributed by atoms with E-state index in [9.17, 15) is 0 Å². The quantitative estimate of drug-likeness (QED) is 0.517. The molecule has 0 atom stereocenters. The Kier molecular flexibility index (Phi) is 5.61. The summed E-state index contributed by atoms with van der Waals surface area (Å²) in [7, 11) is 1.52. The molecule has 0 spiro atoms. The van der Waals surface area contributed by atoms with Crippen molar-refractivity contribution in [2.75, 3.05) is 13.2 Å². The molecule has 2 aliphatic rings. The standard InChI is InChI=1S/C11H21BrNO2PS2/c1-11(2)8-14-16(17,15-9-11)13(18-12)10-6-4-3-5-7-10/h10H,3-9H2,1-2H3. The molecule has 7 heteroatoms. The van der Waals surface area contributed by atoms with Gasteiger partial charge in [0.2, 0.25) is 0 Å². The fraction of sp³-hybridized carbons (Fsp3) is 1.00. The third-order valence-corrected chi connectivity index (χ3v) is 9.56. The van der Waals surface area contributed by atoms with Crippen LogP contribution in [0.15, 0.2) is 0 Å². The summed E-state index contributed by atoms with van der Waals surface area (Å²) in [6, 6.07) is 0.496. The minimum absolute atomic E-state index is 0.0809. The van der Waals surface area contributed by atoms with Crippen molar-refractivity contribution in [3.63, 3.8) is 0 Å². The van der Waals surface area contributed by atoms with Crippen LogP contribution in [0.3, 0.4) is 0 Å². The maximum atomic E-state index is 5.97. The molecule has 106 valence electrons. The van der Waals surface area contributed by atoms with Gasteiger partial charge < -0.3 is 9.05 Å². The molecule has 1 aliphatic carbocycles. The molecule has 1 heterocycles. The van der Waals surface area contributed by atoms with Crippen LogP contribution in [-0.4, -0.2) is 23.3 Å². The van der Waals surface area contributed by atoms with Crippen molar-refractivity contribution in [2.24, 2.45) is 5.41 Å². The van der Waals surface area contributed by atoms with Gasteiger partial charge in [-0.25, -0.2) is 0 Å². The Morgan fingerprint density at radius 2 is 1.78 bits per heavy atom. The van der Waals surface area contributed by atoms with E-state index in [0.717, 1.165) is 0 Å². The predicted octanol–water partition coefficient (Wildman–Crippen LogP) is 4.88. The molecular formula is C11H21BrNO2PS2. The van der Waals surface area contributed by atoms with Gasteiger partial charge in [0.05, 0.1) is 13.2 Å². The molecule has 0 N–H and O–H groups in total. The SMILES string of the molecule is CC1(C)COP(=S)(N(SBr)C2CCCCC2)OC1. The second-order valence-corrected chi connectivity index (χ2v) is 10.8. The van der Waals surface area contributed by atoms with Gasteiger partial charge in [-0.1, -0.05) is 33.1 Å². The predicted molar refractivity (Wildman–Crippen MR) is 85.2 cm³/mol. The summed E-state index contributed by atoms with van der Waals surface area (Å²) in [4.78, 5) is 0. The Morgan fingerprint density at radius 1 is 1.22 bits per heavy atom. The first kappa shape index (κ1) is 15.7. The molecule has 3 nitrogen and oxygen atoms in total. The zero-order chi connectivity index (χ0) is 13.2. The highest BCUT2D eigenvalue weighted by atomic mass is 79.9. The smallest absolute Gasteiger partial charge is 0.274 e. The summed E-state index contributed by atoms with van der Waals surface area (Å²) in [6.07, 6.45) is 6.32. The molecule has 2 fully saturated rings. The highest BCUT2D eigenvalue weighted by Crippen LogP contribution is 2.62. The Morgan fingerprint density at radius 3 is 2.28 bits per heavy atom. The summed E-state index contributed by atoms with van der Waals surface area (Å²) in [5.74, 6) is 0. The van der Waals surface area contributed by atoms with Gasteiger partial charge in [0.15, 0.2) is 0 Å². The van der Waals surface area contributed by atoms with Crippen LogP contribution >= 0.6 is 31.8 Å². The molecule has 2 rings (SSSR count). The van der Waals surface area contributed by atoms with E-state index < -0.39 is 6.64 Å². The molecule has 1 saturated heterocycles. The Labute approximate surface area is 127 Å². The number of rotatable bonds is 3. The number of hydrogen-bond acceptors (Lipinski definition) is 4. The van der Waals surface area contributed by atoms with Crippen LogP contribution in [0.5, 0.6) is 0 Å². The van der Waals surface area contributed by atoms with E-state index >= 15 is 0 Å². The van der Waals surface area contributed by atoms with E-state index in [-0.39, 0.29) is 5.41 Å². The largest absolute Gasteiger partial charge is 0.317 e. The lowest BCUT2D eigenvalue weighted by Crippen LogP contribution is -2.36. The fourth-order valence-corrected chi connectivity index (χ4v) is 9.20. The van der Waals surface area contributed by atoms with Gasteiger partial charge in [-0.15, -0.1) is 0 Å². The summed E-state index contributed by atoms with van der Waals surface area (Å²) in [5.41, 5.74) is 0.0809. The average molecular weight is 374 g/mol. The third-order valence-electron chi connectivity index (χ3n) is 3.44. The summed E-state index contributed by atoms with van der Waals surface area (Å²) >= 11 is 9.19. The molecule has 0 unspecified atom stereocenters. The van der Waals surface area contributed by atoms with Crippen molar-refractivity contribution < 1.29 is 9.05 Å². The lowest BCUT2D eigenvalue weighted by atomic mass is 9.96. The van der Waals surface area contributed by atoms with Crippen LogP contribution in [0.25, 0.3) is 0 Å². The second-order valence-electron chi connectivity index (χ2n) is 5.84. The molecule has 0 amide bonds. The van der Waals surface area contributed by atoms with E-state index in [0.29, 0.717) is 19.3 Å². The first-order valence-corrected chi connectivity index (χ1v) is 11.7. The third kappa shape index (κ3) is 3.72. The molecule has 0 aromatic heterocycles. The Balaban J connectivity index is 2.05. The van der Waals surface area contributed by atoms with E-state index in [1.165, 1.54) is 42.5 Å². The molecule has 1 saturated carbocycles. The normalized spacial score (nSPS) is 28.4. The Bertz CT molecular complexity index is 323. The maximum absolute atomic E-state index is 5.97. The fourth-order valence-electron chi connectivity index (χ4n) is 2.30. The average Bonchev–Trinajstić information content (AvgIpc) is 2.36. The topological polar surface area (TPSA) is 21.7 Å².